The zero-order valence-corrected chi connectivity index (χ0v) is 43.2. The Labute approximate surface area is 437 Å². The molecular formula is C53H61N11O11S. The van der Waals surface area contributed by atoms with Crippen molar-refractivity contribution in [2.75, 3.05) is 68.8 Å². The van der Waals surface area contributed by atoms with Gasteiger partial charge in [-0.25, -0.2) is 8.42 Å². The minimum absolute atomic E-state index is 0.0287. The van der Waals surface area contributed by atoms with Crippen LogP contribution in [0.1, 0.15) is 99.3 Å². The molecule has 10 rings (SSSR count). The van der Waals surface area contributed by atoms with Gasteiger partial charge in [0.2, 0.25) is 17.7 Å². The second kappa shape index (κ2) is 21.2. The first-order valence-electron chi connectivity index (χ1n) is 25.9. The van der Waals surface area contributed by atoms with Crippen LogP contribution in [0.2, 0.25) is 0 Å². The molecule has 1 saturated carbocycles. The molecule has 400 valence electrons. The van der Waals surface area contributed by atoms with Gasteiger partial charge >= 0.3 is 0 Å². The predicted octanol–water partition coefficient (Wildman–Crippen LogP) is 1.43. The Kier molecular flexibility index (Phi) is 14.4. The molecule has 7 heterocycles. The fraction of sp³-hybridized carbons (Fsp3) is 0.453. The van der Waals surface area contributed by atoms with Crippen LogP contribution in [0.3, 0.4) is 0 Å². The molecule has 0 spiro atoms. The number of piperidine rings is 2. The standard InChI is InChI=1S/C53H61N11O11S/c1-60-26-37-35-23-31(29-76(2,74)75)34(49(69)55-16-4-19-61-20-13-32(14-21-61)57-39-6-3-5-33-36(39)28-64(52(33)72)40-9-10-43(66)58-50(40)70)24-41(35)62(25-30-7-8-30)27-38-46(37)48(53(60)73)59-47(38)51(71)56-18-17-54-42(65)15-22-63-44(67)11-12-45(63)68/h3,5-6,11-12,23-24,26,30,32,40,57,59H,4,7-10,13-22,25,27-29H2,1-2H3,(H,54,65)(H,55,69)(H,56,71)(H,58,66,70). The van der Waals surface area contributed by atoms with Gasteiger partial charge in [-0.05, 0) is 80.8 Å². The van der Waals surface area contributed by atoms with Crippen LogP contribution < -0.4 is 37.0 Å². The van der Waals surface area contributed by atoms with E-state index < -0.39 is 57.1 Å². The smallest absolute Gasteiger partial charge is 0.274 e. The van der Waals surface area contributed by atoms with E-state index in [-0.39, 0.29) is 85.8 Å². The Morgan fingerprint density at radius 3 is 2.26 bits per heavy atom. The Bertz CT molecular complexity index is 3300. The third-order valence-corrected chi connectivity index (χ3v) is 16.0. The number of nitrogens with one attached hydrogen (secondary N) is 6. The molecule has 23 heteroatoms. The molecule has 8 amide bonds. The van der Waals surface area contributed by atoms with Gasteiger partial charge in [0.1, 0.15) is 17.3 Å². The fourth-order valence-electron chi connectivity index (χ4n) is 11.1. The molecule has 1 atom stereocenters. The highest BCUT2D eigenvalue weighted by atomic mass is 32.2. The third-order valence-electron chi connectivity index (χ3n) is 15.2. The van der Waals surface area contributed by atoms with E-state index in [4.69, 9.17) is 0 Å². The molecule has 1 unspecified atom stereocenters. The average Bonchev–Trinajstić information content (AvgIpc) is 3.96. The molecule has 2 saturated heterocycles. The van der Waals surface area contributed by atoms with E-state index in [1.54, 1.807) is 36.3 Å². The molecule has 1 aliphatic carbocycles. The number of fused-ring (bicyclic) bond motifs is 3. The van der Waals surface area contributed by atoms with Gasteiger partial charge in [-0.3, -0.25) is 53.4 Å². The number of imide groups is 2. The fourth-order valence-corrected chi connectivity index (χ4v) is 11.9. The monoisotopic (exact) mass is 1060 g/mol. The molecule has 2 aromatic carbocycles. The summed E-state index contributed by atoms with van der Waals surface area (Å²) in [7, 11) is -2.06. The number of benzene rings is 2. The summed E-state index contributed by atoms with van der Waals surface area (Å²) in [5.41, 5.74) is 5.19. The van der Waals surface area contributed by atoms with Crippen LogP contribution in [0, 0.1) is 5.92 Å². The van der Waals surface area contributed by atoms with Crippen LogP contribution in [0.25, 0.3) is 22.0 Å². The SMILES string of the molecule is Cn1cc2c3c(c(C(=O)NCCNC(=O)CCN4C(=O)C=CC4=O)[nH]c3c1=O)CN(CC1CC1)c1cc(C(=O)NCCCN3CCC(Nc4cccc5c4CN(C4CCC(=O)NC4=O)C5=O)CC3)c(CS(C)(=O)=O)cc1-2. The van der Waals surface area contributed by atoms with Crippen LogP contribution in [-0.2, 0) is 59.7 Å². The summed E-state index contributed by atoms with van der Waals surface area (Å²) in [4.78, 5) is 126. The normalized spacial score (nSPS) is 18.7. The van der Waals surface area contributed by atoms with Crippen molar-refractivity contribution in [2.45, 2.75) is 82.3 Å². The quantitative estimate of drug-likeness (QED) is 0.0573. The van der Waals surface area contributed by atoms with Gasteiger partial charge in [0.15, 0.2) is 9.84 Å². The van der Waals surface area contributed by atoms with Crippen molar-refractivity contribution >= 4 is 79.4 Å². The first-order valence-corrected chi connectivity index (χ1v) is 27.9. The number of carbonyl (C=O) groups is 8. The summed E-state index contributed by atoms with van der Waals surface area (Å²) in [6, 6.07) is 8.50. The minimum atomic E-state index is -3.65. The van der Waals surface area contributed by atoms with E-state index in [0.29, 0.717) is 77.3 Å². The van der Waals surface area contributed by atoms with Crippen LogP contribution in [0.4, 0.5) is 11.4 Å². The first-order chi connectivity index (χ1) is 36.4. The van der Waals surface area contributed by atoms with Crippen molar-refractivity contribution in [3.63, 3.8) is 0 Å². The number of hydrogen-bond acceptors (Lipinski definition) is 14. The molecule has 4 aromatic rings. The van der Waals surface area contributed by atoms with Crippen LogP contribution in [0.5, 0.6) is 0 Å². The third kappa shape index (κ3) is 10.9. The molecule has 3 fully saturated rings. The number of hydrogen-bond donors (Lipinski definition) is 6. The molecule has 6 N–H and O–H groups in total. The van der Waals surface area contributed by atoms with Crippen molar-refractivity contribution in [1.29, 1.82) is 0 Å². The highest BCUT2D eigenvalue weighted by Gasteiger charge is 2.40. The second-order valence-electron chi connectivity index (χ2n) is 20.7. The van der Waals surface area contributed by atoms with Crippen molar-refractivity contribution in [3.8, 4) is 11.1 Å². The minimum Gasteiger partial charge on any atom is -0.382 e. The first kappa shape index (κ1) is 51.8. The predicted molar refractivity (Wildman–Crippen MR) is 280 cm³/mol. The van der Waals surface area contributed by atoms with Crippen molar-refractivity contribution < 1.29 is 46.8 Å². The number of aromatic amines is 1. The second-order valence-corrected chi connectivity index (χ2v) is 22.9. The van der Waals surface area contributed by atoms with Gasteiger partial charge in [0.05, 0.1) is 5.75 Å². The van der Waals surface area contributed by atoms with E-state index >= 15 is 0 Å². The topological polar surface area (TPSA) is 282 Å². The molecule has 22 nitrogen and oxygen atoms in total. The molecular weight excluding hydrogens is 999 g/mol. The lowest BCUT2D eigenvalue weighted by atomic mass is 9.95. The Balaban J connectivity index is 0.793. The van der Waals surface area contributed by atoms with Gasteiger partial charge in [-0.15, -0.1) is 0 Å². The number of anilines is 2. The summed E-state index contributed by atoms with van der Waals surface area (Å²) < 4.78 is 27.5. The molecule has 2 aromatic heterocycles. The number of rotatable bonds is 19. The maximum Gasteiger partial charge on any atom is 0.274 e. The lowest BCUT2D eigenvalue weighted by molar-refractivity contribution is -0.138. The van der Waals surface area contributed by atoms with Crippen molar-refractivity contribution in [2.24, 2.45) is 13.0 Å². The lowest BCUT2D eigenvalue weighted by Gasteiger charge is -2.33. The Morgan fingerprint density at radius 1 is 0.803 bits per heavy atom. The Morgan fingerprint density at radius 2 is 1.54 bits per heavy atom. The maximum atomic E-state index is 14.3. The number of nitrogens with zero attached hydrogens (tertiary/aromatic N) is 5. The van der Waals surface area contributed by atoms with Gasteiger partial charge < -0.3 is 45.5 Å². The van der Waals surface area contributed by atoms with E-state index in [0.717, 1.165) is 73.3 Å². The van der Waals surface area contributed by atoms with E-state index in [9.17, 15) is 51.6 Å². The zero-order valence-electron chi connectivity index (χ0n) is 42.4. The summed E-state index contributed by atoms with van der Waals surface area (Å²) in [5, 5.41) is 15.1. The van der Waals surface area contributed by atoms with E-state index in [1.807, 2.05) is 12.1 Å². The highest BCUT2D eigenvalue weighted by molar-refractivity contribution is 7.89. The molecule has 5 aliphatic heterocycles. The van der Waals surface area contributed by atoms with Crippen LogP contribution >= 0.6 is 0 Å². The Hall–Kier alpha value is -7.66. The lowest BCUT2D eigenvalue weighted by Crippen LogP contribution is -2.52. The number of sulfone groups is 1. The average molecular weight is 1060 g/mol. The number of aryl methyl sites for hydroxylation is 1. The van der Waals surface area contributed by atoms with E-state index in [1.165, 1.54) is 4.57 Å². The number of likely N-dealkylation sites (tertiary alicyclic amines) is 1. The summed E-state index contributed by atoms with van der Waals surface area (Å²) in [6.07, 6.45) is 9.75. The highest BCUT2D eigenvalue weighted by Crippen LogP contribution is 2.45. The van der Waals surface area contributed by atoms with Crippen LogP contribution in [-0.4, -0.2) is 151 Å². The number of amides is 8. The molecule has 0 bridgehead atoms. The van der Waals surface area contributed by atoms with Gasteiger partial charge in [0.25, 0.3) is 35.1 Å². The molecule has 0 radical (unpaired) electrons. The number of pyridine rings is 1. The molecule has 76 heavy (non-hydrogen) atoms. The van der Waals surface area contributed by atoms with Gasteiger partial charge in [-0.2, -0.15) is 0 Å². The number of aromatic nitrogens is 2. The summed E-state index contributed by atoms with van der Waals surface area (Å²) in [5.74, 6) is -3.39. The van der Waals surface area contributed by atoms with Gasteiger partial charge in [0, 0.05) is 160 Å². The van der Waals surface area contributed by atoms with Crippen molar-refractivity contribution in [1.82, 2.24) is 45.5 Å². The van der Waals surface area contributed by atoms with E-state index in [2.05, 4.69) is 41.4 Å². The zero-order chi connectivity index (χ0) is 53.6. The van der Waals surface area contributed by atoms with Crippen LogP contribution in [0.15, 0.2) is 53.5 Å². The summed E-state index contributed by atoms with van der Waals surface area (Å²) >= 11 is 0. The number of carbonyl (C=O) groups excluding carboxylic acids is 8. The number of H-pyrrole nitrogens is 1. The summed E-state index contributed by atoms with van der Waals surface area (Å²) in [6.45, 7) is 3.72. The largest absolute Gasteiger partial charge is 0.382 e. The maximum absolute atomic E-state index is 14.3. The molecule has 6 aliphatic rings. The van der Waals surface area contributed by atoms with Crippen molar-refractivity contribution in [3.05, 3.63) is 92.5 Å². The van der Waals surface area contributed by atoms with Gasteiger partial charge in [-0.1, -0.05) is 6.07 Å².